The average molecular weight is 591 g/mol. The molecule has 208 valence electrons. The summed E-state index contributed by atoms with van der Waals surface area (Å²) in [6.07, 6.45) is 0. The third-order valence-corrected chi connectivity index (χ3v) is 8.77. The van der Waals surface area contributed by atoms with Crippen molar-refractivity contribution < 1.29 is 18.0 Å². The molecule has 0 aliphatic heterocycles. The van der Waals surface area contributed by atoms with Gasteiger partial charge in [0, 0.05) is 23.1 Å². The number of nitrogens with zero attached hydrogens (tertiary/aromatic N) is 2. The van der Waals surface area contributed by atoms with Gasteiger partial charge in [0.25, 0.3) is 10.0 Å². The van der Waals surface area contributed by atoms with Gasteiger partial charge in [-0.1, -0.05) is 79.5 Å². The van der Waals surface area contributed by atoms with Crippen LogP contribution in [0.4, 0.5) is 5.69 Å². The Hall–Kier alpha value is -3.07. The van der Waals surface area contributed by atoms with Gasteiger partial charge in [-0.05, 0) is 61.2 Å². The van der Waals surface area contributed by atoms with E-state index in [2.05, 4.69) is 5.32 Å². The molecule has 0 bridgehead atoms. The molecule has 7 nitrogen and oxygen atoms in total. The van der Waals surface area contributed by atoms with Crippen LogP contribution in [-0.4, -0.2) is 44.3 Å². The van der Waals surface area contributed by atoms with Gasteiger partial charge in [0.1, 0.15) is 12.6 Å². The molecule has 0 spiro atoms. The quantitative estimate of drug-likeness (QED) is 0.311. The van der Waals surface area contributed by atoms with Gasteiger partial charge >= 0.3 is 0 Å². The maximum Gasteiger partial charge on any atom is 0.264 e. The number of aryl methyl sites for hydroxylation is 1. The highest BCUT2D eigenvalue weighted by atomic mass is 35.5. The Balaban J connectivity index is 2.03. The van der Waals surface area contributed by atoms with Crippen molar-refractivity contribution in [2.75, 3.05) is 17.4 Å². The molecule has 1 atom stereocenters. The summed E-state index contributed by atoms with van der Waals surface area (Å²) in [5, 5.41) is 3.66. The Morgan fingerprint density at radius 2 is 1.54 bits per heavy atom. The van der Waals surface area contributed by atoms with Crippen LogP contribution in [0.5, 0.6) is 0 Å². The first-order valence-electron chi connectivity index (χ1n) is 12.6. The molecule has 0 heterocycles. The number of benzene rings is 3. The first-order chi connectivity index (χ1) is 18.4. The normalized spacial score (nSPS) is 12.2. The predicted molar refractivity (Wildman–Crippen MR) is 156 cm³/mol. The van der Waals surface area contributed by atoms with Crippen LogP contribution in [0.25, 0.3) is 0 Å². The summed E-state index contributed by atoms with van der Waals surface area (Å²) < 4.78 is 28.6. The Labute approximate surface area is 240 Å². The third-order valence-electron chi connectivity index (χ3n) is 6.20. The molecule has 1 N–H and O–H groups in total. The number of carbonyl (C=O) groups is 2. The SMILES string of the molecule is Cc1ccc(N(CC(=O)N(Cc2ccccc2Cl)[C@H](C)C(=O)NCC(C)C)S(=O)(=O)c2ccccc2)cc1Cl. The lowest BCUT2D eigenvalue weighted by molar-refractivity contribution is -0.139. The molecule has 2 amide bonds. The summed E-state index contributed by atoms with van der Waals surface area (Å²) in [6.45, 7) is 7.26. The maximum atomic E-state index is 13.9. The lowest BCUT2D eigenvalue weighted by atomic mass is 10.1. The van der Waals surface area contributed by atoms with Gasteiger partial charge in [0.15, 0.2) is 0 Å². The molecule has 3 aromatic carbocycles. The minimum absolute atomic E-state index is 0.0165. The van der Waals surface area contributed by atoms with Crippen molar-refractivity contribution in [1.29, 1.82) is 0 Å². The zero-order chi connectivity index (χ0) is 28.7. The number of anilines is 1. The summed E-state index contributed by atoms with van der Waals surface area (Å²) >= 11 is 12.7. The molecule has 39 heavy (non-hydrogen) atoms. The summed E-state index contributed by atoms with van der Waals surface area (Å²) in [7, 11) is -4.16. The zero-order valence-corrected chi connectivity index (χ0v) is 24.7. The molecule has 3 rings (SSSR count). The van der Waals surface area contributed by atoms with E-state index in [-0.39, 0.29) is 29.0 Å². The summed E-state index contributed by atoms with van der Waals surface area (Å²) in [5.41, 5.74) is 1.63. The standard InChI is InChI=1S/C29H33Cl2N3O4S/c1-20(2)17-32-29(36)22(4)33(18-23-10-8-9-13-26(23)30)28(35)19-34(24-15-14-21(3)27(31)16-24)39(37,38)25-11-6-5-7-12-25/h5-16,20,22H,17-19H2,1-4H3,(H,32,36)/t22-/m1/s1. The highest BCUT2D eigenvalue weighted by molar-refractivity contribution is 7.92. The van der Waals surface area contributed by atoms with Gasteiger partial charge in [-0.3, -0.25) is 13.9 Å². The summed E-state index contributed by atoms with van der Waals surface area (Å²) in [6, 6.07) is 18.8. The van der Waals surface area contributed by atoms with Crippen molar-refractivity contribution in [3.63, 3.8) is 0 Å². The van der Waals surface area contributed by atoms with Crippen LogP contribution in [0.2, 0.25) is 10.0 Å². The first-order valence-corrected chi connectivity index (χ1v) is 14.8. The lowest BCUT2D eigenvalue weighted by Crippen LogP contribution is -2.51. The predicted octanol–water partition coefficient (Wildman–Crippen LogP) is 5.69. The summed E-state index contributed by atoms with van der Waals surface area (Å²) in [4.78, 5) is 28.3. The molecule has 0 radical (unpaired) electrons. The Morgan fingerprint density at radius 1 is 0.897 bits per heavy atom. The van der Waals surface area contributed by atoms with Crippen LogP contribution in [-0.2, 0) is 26.2 Å². The van der Waals surface area contributed by atoms with Crippen molar-refractivity contribution in [2.45, 2.75) is 45.2 Å². The van der Waals surface area contributed by atoms with E-state index in [1.165, 1.54) is 23.1 Å². The smallest absolute Gasteiger partial charge is 0.264 e. The second kappa shape index (κ2) is 13.3. The van der Waals surface area contributed by atoms with Crippen molar-refractivity contribution in [1.82, 2.24) is 10.2 Å². The number of nitrogens with one attached hydrogen (secondary N) is 1. The Kier molecular flexibility index (Phi) is 10.4. The van der Waals surface area contributed by atoms with Crippen molar-refractivity contribution in [3.05, 3.63) is 94.0 Å². The van der Waals surface area contributed by atoms with Crippen LogP contribution in [0.15, 0.2) is 77.7 Å². The minimum atomic E-state index is -4.16. The zero-order valence-electron chi connectivity index (χ0n) is 22.4. The van der Waals surface area contributed by atoms with Gasteiger partial charge < -0.3 is 10.2 Å². The van der Waals surface area contributed by atoms with E-state index in [0.29, 0.717) is 22.2 Å². The minimum Gasteiger partial charge on any atom is -0.354 e. The summed E-state index contributed by atoms with van der Waals surface area (Å²) in [5.74, 6) is -0.704. The van der Waals surface area contributed by atoms with Gasteiger partial charge in [-0.15, -0.1) is 0 Å². The number of sulfonamides is 1. The molecule has 10 heteroatoms. The topological polar surface area (TPSA) is 86.8 Å². The van der Waals surface area contributed by atoms with Crippen LogP contribution < -0.4 is 9.62 Å². The molecule has 0 saturated heterocycles. The molecular weight excluding hydrogens is 557 g/mol. The van der Waals surface area contributed by atoms with E-state index in [0.717, 1.165) is 9.87 Å². The Bertz CT molecular complexity index is 1420. The van der Waals surface area contributed by atoms with E-state index < -0.39 is 28.5 Å². The molecular formula is C29H33Cl2N3O4S. The van der Waals surface area contributed by atoms with Gasteiger partial charge in [-0.25, -0.2) is 8.42 Å². The molecule has 0 unspecified atom stereocenters. The molecule has 0 fully saturated rings. The number of amides is 2. The van der Waals surface area contributed by atoms with E-state index in [4.69, 9.17) is 23.2 Å². The van der Waals surface area contributed by atoms with E-state index in [1.807, 2.05) is 13.8 Å². The van der Waals surface area contributed by atoms with E-state index >= 15 is 0 Å². The number of carbonyl (C=O) groups excluding carboxylic acids is 2. The molecule has 3 aromatic rings. The van der Waals surface area contributed by atoms with Crippen LogP contribution in [0.3, 0.4) is 0 Å². The second-order valence-corrected chi connectivity index (χ2v) is 12.4. The molecule has 0 saturated carbocycles. The largest absolute Gasteiger partial charge is 0.354 e. The highest BCUT2D eigenvalue weighted by Crippen LogP contribution is 2.29. The molecule has 0 aromatic heterocycles. The van der Waals surface area contributed by atoms with E-state index in [9.17, 15) is 18.0 Å². The van der Waals surface area contributed by atoms with Gasteiger partial charge in [0.2, 0.25) is 11.8 Å². The average Bonchev–Trinajstić information content (AvgIpc) is 2.91. The van der Waals surface area contributed by atoms with Crippen molar-refractivity contribution >= 4 is 50.7 Å². The number of hydrogen-bond acceptors (Lipinski definition) is 4. The highest BCUT2D eigenvalue weighted by Gasteiger charge is 2.33. The first kappa shape index (κ1) is 30.5. The van der Waals surface area contributed by atoms with Gasteiger partial charge in [-0.2, -0.15) is 0 Å². The fourth-order valence-electron chi connectivity index (χ4n) is 3.83. The van der Waals surface area contributed by atoms with Crippen LogP contribution >= 0.6 is 23.2 Å². The molecule has 0 aliphatic carbocycles. The fourth-order valence-corrected chi connectivity index (χ4v) is 5.63. The number of hydrogen-bond donors (Lipinski definition) is 1. The van der Waals surface area contributed by atoms with Crippen LogP contribution in [0.1, 0.15) is 31.9 Å². The number of halogens is 2. The number of rotatable bonds is 11. The van der Waals surface area contributed by atoms with Crippen molar-refractivity contribution in [3.8, 4) is 0 Å². The van der Waals surface area contributed by atoms with Gasteiger partial charge in [0.05, 0.1) is 10.6 Å². The van der Waals surface area contributed by atoms with Crippen molar-refractivity contribution in [2.24, 2.45) is 5.92 Å². The lowest BCUT2D eigenvalue weighted by Gasteiger charge is -2.32. The second-order valence-electron chi connectivity index (χ2n) is 9.69. The monoisotopic (exact) mass is 589 g/mol. The third kappa shape index (κ3) is 7.75. The van der Waals surface area contributed by atoms with E-state index in [1.54, 1.807) is 68.4 Å². The molecule has 0 aliphatic rings. The maximum absolute atomic E-state index is 13.9. The van der Waals surface area contributed by atoms with Crippen LogP contribution in [0, 0.1) is 12.8 Å². The Morgan fingerprint density at radius 3 is 2.15 bits per heavy atom. The fraction of sp³-hybridized carbons (Fsp3) is 0.310.